The van der Waals surface area contributed by atoms with E-state index in [4.69, 9.17) is 15.0 Å². The van der Waals surface area contributed by atoms with Gasteiger partial charge in [-0.1, -0.05) is 176 Å². The first kappa shape index (κ1) is 31.4. The minimum atomic E-state index is -0.445. The molecular formula is C52H31N3S. The predicted molar refractivity (Wildman–Crippen MR) is 231 cm³/mol. The molecule has 2 aliphatic carbocycles. The molecule has 0 saturated carbocycles. The number of hydrogen-bond acceptors (Lipinski definition) is 4. The smallest absolute Gasteiger partial charge is 0.164 e. The summed E-state index contributed by atoms with van der Waals surface area (Å²) in [6, 6.07) is 67.7. The van der Waals surface area contributed by atoms with Crippen molar-refractivity contribution in [3.05, 3.63) is 210 Å². The van der Waals surface area contributed by atoms with Crippen LogP contribution in [0.2, 0.25) is 0 Å². The van der Waals surface area contributed by atoms with Gasteiger partial charge >= 0.3 is 0 Å². The summed E-state index contributed by atoms with van der Waals surface area (Å²) in [4.78, 5) is 15.7. The number of fused-ring (bicyclic) bond motifs is 13. The zero-order chi connectivity index (χ0) is 36.8. The SMILES string of the molecule is c1ccc(-c2nc(-c3ccc(-c4cccc5sc6ccccc6c45)cc3)nc(-c3cccc4c3-c3ccccc3C43c4ccccc4-c4ccccc43)n2)cc1. The van der Waals surface area contributed by atoms with Crippen molar-refractivity contribution in [1.82, 2.24) is 15.0 Å². The first-order valence-corrected chi connectivity index (χ1v) is 19.8. The Balaban J connectivity index is 1.06. The minimum Gasteiger partial charge on any atom is -0.208 e. The van der Waals surface area contributed by atoms with Gasteiger partial charge in [0, 0.05) is 36.9 Å². The Bertz CT molecular complexity index is 3150. The normalized spacial score (nSPS) is 13.1. The van der Waals surface area contributed by atoms with Crippen molar-refractivity contribution in [1.29, 1.82) is 0 Å². The van der Waals surface area contributed by atoms with Crippen LogP contribution < -0.4 is 0 Å². The van der Waals surface area contributed by atoms with Gasteiger partial charge in [0.05, 0.1) is 5.41 Å². The summed E-state index contributed by atoms with van der Waals surface area (Å²) in [7, 11) is 0. The molecule has 0 aliphatic heterocycles. The number of rotatable bonds is 4. The van der Waals surface area contributed by atoms with E-state index in [0.717, 1.165) is 16.7 Å². The van der Waals surface area contributed by atoms with Crippen molar-refractivity contribution in [3.8, 4) is 67.5 Å². The van der Waals surface area contributed by atoms with Crippen LogP contribution in [0.15, 0.2) is 188 Å². The third-order valence-corrected chi connectivity index (χ3v) is 12.9. The number of benzene rings is 8. The summed E-state index contributed by atoms with van der Waals surface area (Å²) in [5.41, 5.74) is 15.0. The molecule has 0 radical (unpaired) electrons. The highest BCUT2D eigenvalue weighted by Crippen LogP contribution is 2.63. The summed E-state index contributed by atoms with van der Waals surface area (Å²) < 4.78 is 2.60. The Morgan fingerprint density at radius 1 is 0.321 bits per heavy atom. The van der Waals surface area contributed by atoms with Crippen LogP contribution in [0.4, 0.5) is 0 Å². The number of aromatic nitrogens is 3. The number of hydrogen-bond donors (Lipinski definition) is 0. The maximum absolute atomic E-state index is 5.32. The van der Waals surface area contributed by atoms with Crippen molar-refractivity contribution in [2.45, 2.75) is 5.41 Å². The summed E-state index contributed by atoms with van der Waals surface area (Å²) >= 11 is 1.85. The summed E-state index contributed by atoms with van der Waals surface area (Å²) in [6.07, 6.45) is 0. The maximum Gasteiger partial charge on any atom is 0.164 e. The summed E-state index contributed by atoms with van der Waals surface area (Å²) in [5, 5.41) is 2.60. The van der Waals surface area contributed by atoms with Crippen molar-refractivity contribution in [2.24, 2.45) is 0 Å². The zero-order valence-corrected chi connectivity index (χ0v) is 31.0. The van der Waals surface area contributed by atoms with Crippen LogP contribution in [-0.2, 0) is 5.41 Å². The van der Waals surface area contributed by atoms with Crippen LogP contribution >= 0.6 is 11.3 Å². The van der Waals surface area contributed by atoms with Gasteiger partial charge in [0.25, 0.3) is 0 Å². The van der Waals surface area contributed by atoms with E-state index >= 15 is 0 Å². The molecule has 0 unspecified atom stereocenters. The lowest BCUT2D eigenvalue weighted by atomic mass is 9.70. The Morgan fingerprint density at radius 2 is 0.804 bits per heavy atom. The van der Waals surface area contributed by atoms with E-state index in [1.54, 1.807) is 0 Å². The molecule has 56 heavy (non-hydrogen) atoms. The topological polar surface area (TPSA) is 38.7 Å². The average molecular weight is 730 g/mol. The molecule has 260 valence electrons. The third-order valence-electron chi connectivity index (χ3n) is 11.8. The molecule has 0 fully saturated rings. The second-order valence-electron chi connectivity index (χ2n) is 14.6. The molecule has 0 atom stereocenters. The van der Waals surface area contributed by atoms with E-state index in [1.807, 2.05) is 29.5 Å². The summed E-state index contributed by atoms with van der Waals surface area (Å²) in [6.45, 7) is 0. The molecular weight excluding hydrogens is 699 g/mol. The Labute approximate surface area is 328 Å². The fraction of sp³-hybridized carbons (Fsp3) is 0.0192. The van der Waals surface area contributed by atoms with E-state index in [1.165, 1.54) is 75.8 Å². The van der Waals surface area contributed by atoms with Crippen molar-refractivity contribution in [2.75, 3.05) is 0 Å². The monoisotopic (exact) mass is 729 g/mol. The molecule has 0 saturated heterocycles. The van der Waals surface area contributed by atoms with Crippen LogP contribution in [0, 0.1) is 0 Å². The lowest BCUT2D eigenvalue weighted by Crippen LogP contribution is -2.25. The highest BCUT2D eigenvalue weighted by atomic mass is 32.1. The lowest BCUT2D eigenvalue weighted by molar-refractivity contribution is 0.794. The fourth-order valence-corrected chi connectivity index (χ4v) is 10.6. The van der Waals surface area contributed by atoms with Gasteiger partial charge in [-0.05, 0) is 67.8 Å². The second kappa shape index (κ2) is 12.0. The quantitative estimate of drug-likeness (QED) is 0.181. The Hall–Kier alpha value is -7.01. The minimum absolute atomic E-state index is 0.445. The molecule has 10 aromatic rings. The maximum atomic E-state index is 5.32. The highest BCUT2D eigenvalue weighted by Gasteiger charge is 2.52. The largest absolute Gasteiger partial charge is 0.208 e. The first-order valence-electron chi connectivity index (χ1n) is 19.0. The van der Waals surface area contributed by atoms with E-state index < -0.39 is 5.41 Å². The van der Waals surface area contributed by atoms with E-state index in [2.05, 4.69) is 170 Å². The predicted octanol–water partition coefficient (Wildman–Crippen LogP) is 13.3. The van der Waals surface area contributed by atoms with Crippen molar-refractivity contribution in [3.63, 3.8) is 0 Å². The van der Waals surface area contributed by atoms with Crippen molar-refractivity contribution >= 4 is 31.5 Å². The molecule has 0 amide bonds. The second-order valence-corrected chi connectivity index (χ2v) is 15.7. The third kappa shape index (κ3) is 4.36. The van der Waals surface area contributed by atoms with Crippen molar-refractivity contribution < 1.29 is 0 Å². The van der Waals surface area contributed by atoms with E-state index in [-0.39, 0.29) is 0 Å². The molecule has 1 spiro atoms. The first-order chi connectivity index (χ1) is 27.8. The van der Waals surface area contributed by atoms with Gasteiger partial charge in [0.1, 0.15) is 0 Å². The van der Waals surface area contributed by atoms with Gasteiger partial charge in [0.15, 0.2) is 17.5 Å². The van der Waals surface area contributed by atoms with Crippen LogP contribution in [-0.4, -0.2) is 15.0 Å². The highest BCUT2D eigenvalue weighted by molar-refractivity contribution is 7.25. The Kier molecular flexibility index (Phi) is 6.72. The molecule has 0 N–H and O–H groups in total. The summed E-state index contributed by atoms with van der Waals surface area (Å²) in [5.74, 6) is 1.96. The zero-order valence-electron chi connectivity index (χ0n) is 30.1. The van der Waals surface area contributed by atoms with Gasteiger partial charge < -0.3 is 0 Å². The van der Waals surface area contributed by atoms with Crippen LogP contribution in [0.1, 0.15) is 22.3 Å². The molecule has 8 aromatic carbocycles. The lowest BCUT2D eigenvalue weighted by Gasteiger charge is -2.30. The van der Waals surface area contributed by atoms with E-state index in [0.29, 0.717) is 17.5 Å². The van der Waals surface area contributed by atoms with Gasteiger partial charge in [-0.2, -0.15) is 0 Å². The van der Waals surface area contributed by atoms with Crippen LogP contribution in [0.3, 0.4) is 0 Å². The molecule has 2 heterocycles. The molecule has 12 rings (SSSR count). The molecule has 2 aromatic heterocycles. The standard InChI is InChI=1S/C52H31N3S/c1-2-14-33(15-3-1)49-53-50(34-30-28-32(29-31-34)35-20-13-27-46-48(35)39-19-7-11-26-45(39)56-46)55-51(54-49)40-21-12-25-44-47(40)38-18-6-10-24-43(38)52(44)41-22-8-4-16-36(41)37-17-5-9-23-42(37)52/h1-31H. The number of nitrogens with zero attached hydrogens (tertiary/aromatic N) is 3. The van der Waals surface area contributed by atoms with E-state index in [9.17, 15) is 0 Å². The molecule has 0 bridgehead atoms. The molecule has 2 aliphatic rings. The van der Waals surface area contributed by atoms with Crippen LogP contribution in [0.5, 0.6) is 0 Å². The average Bonchev–Trinajstić information content (AvgIpc) is 3.91. The van der Waals surface area contributed by atoms with Crippen LogP contribution in [0.25, 0.3) is 87.7 Å². The molecule has 3 nitrogen and oxygen atoms in total. The van der Waals surface area contributed by atoms with Gasteiger partial charge in [-0.15, -0.1) is 11.3 Å². The van der Waals surface area contributed by atoms with Gasteiger partial charge in [-0.25, -0.2) is 15.0 Å². The van der Waals surface area contributed by atoms with Gasteiger partial charge in [-0.3, -0.25) is 0 Å². The van der Waals surface area contributed by atoms with Gasteiger partial charge in [0.2, 0.25) is 0 Å². The number of thiophene rings is 1. The Morgan fingerprint density at radius 3 is 1.54 bits per heavy atom. The molecule has 4 heteroatoms. The fourth-order valence-electron chi connectivity index (χ4n) is 9.49.